The molecule has 0 aromatic carbocycles. The molecule has 0 spiro atoms. The molecule has 0 saturated heterocycles. The van der Waals surface area contributed by atoms with Gasteiger partial charge in [0, 0.05) is 17.3 Å². The van der Waals surface area contributed by atoms with E-state index in [1.54, 1.807) is 24.5 Å². The van der Waals surface area contributed by atoms with E-state index in [4.69, 9.17) is 0 Å². The van der Waals surface area contributed by atoms with Crippen LogP contribution in [0.2, 0.25) is 0 Å². The lowest BCUT2D eigenvalue weighted by Crippen LogP contribution is -2.21. The maximum Gasteiger partial charge on any atom is 0.150 e. The van der Waals surface area contributed by atoms with Crippen LogP contribution in [0.3, 0.4) is 0 Å². The molecular formula is C10H11NO2S. The first kappa shape index (κ1) is 10.9. The smallest absolute Gasteiger partial charge is 0.150 e. The number of aromatic nitrogens is 1. The van der Waals surface area contributed by atoms with Crippen LogP contribution in [-0.2, 0) is 9.59 Å². The van der Waals surface area contributed by atoms with Gasteiger partial charge in [-0.05, 0) is 26.0 Å². The van der Waals surface area contributed by atoms with Gasteiger partial charge in [0.1, 0.15) is 5.25 Å². The summed E-state index contributed by atoms with van der Waals surface area (Å²) in [6.45, 7) is 2.86. The molecule has 14 heavy (non-hydrogen) atoms. The van der Waals surface area contributed by atoms with E-state index in [1.807, 2.05) is 0 Å². The number of hydrogen-bond acceptors (Lipinski definition) is 4. The average Bonchev–Trinajstić information content (AvgIpc) is 2.15. The van der Waals surface area contributed by atoms with Gasteiger partial charge >= 0.3 is 0 Å². The van der Waals surface area contributed by atoms with E-state index in [2.05, 4.69) is 4.98 Å². The summed E-state index contributed by atoms with van der Waals surface area (Å²) in [4.78, 5) is 27.0. The molecule has 0 fully saturated rings. The highest BCUT2D eigenvalue weighted by molar-refractivity contribution is 8.01. The van der Waals surface area contributed by atoms with Crippen molar-refractivity contribution in [1.29, 1.82) is 0 Å². The fourth-order valence-electron chi connectivity index (χ4n) is 1.01. The molecular weight excluding hydrogens is 198 g/mol. The Morgan fingerprint density at radius 1 is 1.21 bits per heavy atom. The largest absolute Gasteiger partial charge is 0.298 e. The Balaban J connectivity index is 2.75. The van der Waals surface area contributed by atoms with Crippen LogP contribution in [0.25, 0.3) is 0 Å². The average molecular weight is 209 g/mol. The SMILES string of the molecule is CC(=O)C(Sc1ccncc1)C(C)=O. The van der Waals surface area contributed by atoms with Crippen molar-refractivity contribution in [2.75, 3.05) is 0 Å². The van der Waals surface area contributed by atoms with E-state index in [9.17, 15) is 9.59 Å². The minimum absolute atomic E-state index is 0.112. The first-order valence-corrected chi connectivity index (χ1v) is 5.07. The van der Waals surface area contributed by atoms with Crippen LogP contribution in [0.4, 0.5) is 0 Å². The van der Waals surface area contributed by atoms with Crippen molar-refractivity contribution in [2.24, 2.45) is 0 Å². The highest BCUT2D eigenvalue weighted by Crippen LogP contribution is 2.23. The summed E-state index contributed by atoms with van der Waals surface area (Å²) in [6, 6.07) is 3.56. The van der Waals surface area contributed by atoms with Crippen LogP contribution in [0.1, 0.15) is 13.8 Å². The van der Waals surface area contributed by atoms with Crippen molar-refractivity contribution < 1.29 is 9.59 Å². The third-order valence-corrected chi connectivity index (χ3v) is 3.09. The van der Waals surface area contributed by atoms with Crippen molar-refractivity contribution >= 4 is 23.3 Å². The number of rotatable bonds is 4. The number of hydrogen-bond donors (Lipinski definition) is 0. The number of thioether (sulfide) groups is 1. The summed E-state index contributed by atoms with van der Waals surface area (Å²) >= 11 is 1.27. The zero-order chi connectivity index (χ0) is 10.6. The molecule has 0 saturated carbocycles. The topological polar surface area (TPSA) is 47.0 Å². The second-order valence-corrected chi connectivity index (χ2v) is 4.08. The molecule has 1 heterocycles. The monoisotopic (exact) mass is 209 g/mol. The molecule has 0 amide bonds. The summed E-state index contributed by atoms with van der Waals surface area (Å²) in [5.41, 5.74) is 0. The second kappa shape index (κ2) is 4.91. The normalized spacial score (nSPS) is 10.2. The van der Waals surface area contributed by atoms with Gasteiger partial charge in [0.2, 0.25) is 0 Å². The van der Waals surface area contributed by atoms with Crippen molar-refractivity contribution in [3.63, 3.8) is 0 Å². The van der Waals surface area contributed by atoms with Crippen LogP contribution in [0.5, 0.6) is 0 Å². The Hall–Kier alpha value is -1.16. The van der Waals surface area contributed by atoms with E-state index in [0.29, 0.717) is 0 Å². The molecule has 1 rings (SSSR count). The minimum atomic E-state index is -0.586. The number of ketones is 2. The zero-order valence-electron chi connectivity index (χ0n) is 8.06. The highest BCUT2D eigenvalue weighted by Gasteiger charge is 2.20. The van der Waals surface area contributed by atoms with Gasteiger partial charge in [0.15, 0.2) is 11.6 Å². The quantitative estimate of drug-likeness (QED) is 0.559. The molecule has 74 valence electrons. The van der Waals surface area contributed by atoms with E-state index >= 15 is 0 Å². The first-order valence-electron chi connectivity index (χ1n) is 4.19. The van der Waals surface area contributed by atoms with Gasteiger partial charge in [-0.25, -0.2) is 0 Å². The van der Waals surface area contributed by atoms with Gasteiger partial charge in [0.05, 0.1) is 0 Å². The Morgan fingerprint density at radius 2 is 1.71 bits per heavy atom. The van der Waals surface area contributed by atoms with Gasteiger partial charge < -0.3 is 0 Å². The minimum Gasteiger partial charge on any atom is -0.298 e. The maximum atomic E-state index is 11.1. The van der Waals surface area contributed by atoms with Crippen LogP contribution in [0.15, 0.2) is 29.4 Å². The Bertz CT molecular complexity index is 323. The summed E-state index contributed by atoms with van der Waals surface area (Å²) in [5.74, 6) is -0.223. The molecule has 4 heteroatoms. The fourth-order valence-corrected chi connectivity index (χ4v) is 1.89. The van der Waals surface area contributed by atoms with E-state index in [-0.39, 0.29) is 11.6 Å². The van der Waals surface area contributed by atoms with Crippen LogP contribution < -0.4 is 0 Å². The van der Waals surface area contributed by atoms with Crippen molar-refractivity contribution in [2.45, 2.75) is 24.0 Å². The second-order valence-electron chi connectivity index (χ2n) is 2.90. The zero-order valence-corrected chi connectivity index (χ0v) is 8.88. The Labute approximate surface area is 86.9 Å². The molecule has 0 bridgehead atoms. The predicted molar refractivity (Wildman–Crippen MR) is 55.2 cm³/mol. The lowest BCUT2D eigenvalue weighted by molar-refractivity contribution is -0.123. The highest BCUT2D eigenvalue weighted by atomic mass is 32.2. The van der Waals surface area contributed by atoms with Crippen LogP contribution in [0, 0.1) is 0 Å². The lowest BCUT2D eigenvalue weighted by Gasteiger charge is -2.08. The lowest BCUT2D eigenvalue weighted by atomic mass is 10.2. The molecule has 1 aromatic rings. The van der Waals surface area contributed by atoms with E-state index in [0.717, 1.165) is 4.90 Å². The van der Waals surface area contributed by atoms with E-state index in [1.165, 1.54) is 25.6 Å². The van der Waals surface area contributed by atoms with Gasteiger partial charge in [-0.1, -0.05) is 0 Å². The molecule has 3 nitrogen and oxygen atoms in total. The van der Waals surface area contributed by atoms with Crippen LogP contribution >= 0.6 is 11.8 Å². The summed E-state index contributed by atoms with van der Waals surface area (Å²) in [7, 11) is 0. The number of Topliss-reactive ketones (excluding diaryl/α,β-unsaturated/α-hetero) is 2. The number of carbonyl (C=O) groups is 2. The van der Waals surface area contributed by atoms with Crippen molar-refractivity contribution in [3.8, 4) is 0 Å². The Kier molecular flexibility index (Phi) is 3.83. The summed E-state index contributed by atoms with van der Waals surface area (Å²) in [6.07, 6.45) is 3.28. The molecule has 0 radical (unpaired) electrons. The summed E-state index contributed by atoms with van der Waals surface area (Å²) < 4.78 is 0. The van der Waals surface area contributed by atoms with Gasteiger partial charge in [-0.2, -0.15) is 0 Å². The van der Waals surface area contributed by atoms with Gasteiger partial charge in [-0.15, -0.1) is 11.8 Å². The predicted octanol–water partition coefficient (Wildman–Crippen LogP) is 1.72. The third kappa shape index (κ3) is 2.96. The molecule has 0 aliphatic rings. The summed E-state index contributed by atoms with van der Waals surface area (Å²) in [5, 5.41) is -0.586. The number of nitrogens with zero attached hydrogens (tertiary/aromatic N) is 1. The molecule has 0 atom stereocenters. The fraction of sp³-hybridized carbons (Fsp3) is 0.300. The van der Waals surface area contributed by atoms with Crippen molar-refractivity contribution in [3.05, 3.63) is 24.5 Å². The van der Waals surface area contributed by atoms with Crippen molar-refractivity contribution in [1.82, 2.24) is 4.98 Å². The molecule has 1 aromatic heterocycles. The van der Waals surface area contributed by atoms with Crippen LogP contribution in [-0.4, -0.2) is 21.8 Å². The number of carbonyl (C=O) groups excluding carboxylic acids is 2. The molecule has 0 aliphatic carbocycles. The van der Waals surface area contributed by atoms with Gasteiger partial charge in [0.25, 0.3) is 0 Å². The first-order chi connectivity index (χ1) is 6.61. The van der Waals surface area contributed by atoms with E-state index < -0.39 is 5.25 Å². The Morgan fingerprint density at radius 3 is 2.14 bits per heavy atom. The molecule has 0 unspecified atom stereocenters. The third-order valence-electron chi connectivity index (χ3n) is 1.64. The van der Waals surface area contributed by atoms with Gasteiger partial charge in [-0.3, -0.25) is 14.6 Å². The maximum absolute atomic E-state index is 11.1. The standard InChI is InChI=1S/C10H11NO2S/c1-7(12)10(8(2)13)14-9-3-5-11-6-4-9/h3-6,10H,1-2H3. The number of pyridine rings is 1. The molecule has 0 aliphatic heterocycles. The molecule has 0 N–H and O–H groups in total.